The van der Waals surface area contributed by atoms with E-state index in [-0.39, 0.29) is 17.9 Å². The first-order valence-corrected chi connectivity index (χ1v) is 13.5. The Morgan fingerprint density at radius 3 is 2.73 bits per heavy atom. The SMILES string of the molecule is CCCSCCCN1C(=O)c2cc3ccc(OC)cc3n2CC1(C)C(=O)NC1CCCCC1. The Bertz CT molecular complexity index is 998. The Hall–Kier alpha value is -2.15. The van der Waals surface area contributed by atoms with E-state index in [2.05, 4.69) is 12.2 Å². The maximum atomic E-state index is 13.8. The molecule has 1 N–H and O–H groups in total. The summed E-state index contributed by atoms with van der Waals surface area (Å²) in [5, 5.41) is 4.30. The van der Waals surface area contributed by atoms with Crippen LogP contribution in [0.15, 0.2) is 24.3 Å². The molecule has 0 radical (unpaired) electrons. The number of fused-ring (bicyclic) bond motifs is 3. The number of nitrogens with one attached hydrogen (secondary N) is 1. The number of hydrogen-bond donors (Lipinski definition) is 1. The fraction of sp³-hybridized carbons (Fsp3) is 0.615. The average Bonchev–Trinajstić information content (AvgIpc) is 3.19. The van der Waals surface area contributed by atoms with Gasteiger partial charge in [0.2, 0.25) is 5.91 Å². The van der Waals surface area contributed by atoms with Crippen molar-refractivity contribution >= 4 is 34.5 Å². The number of methoxy groups -OCH3 is 1. The van der Waals surface area contributed by atoms with Gasteiger partial charge in [-0.2, -0.15) is 11.8 Å². The Balaban J connectivity index is 1.65. The molecule has 180 valence electrons. The minimum absolute atomic E-state index is 0.0284. The molecule has 1 saturated carbocycles. The van der Waals surface area contributed by atoms with Gasteiger partial charge in [-0.05, 0) is 62.3 Å². The van der Waals surface area contributed by atoms with Crippen molar-refractivity contribution in [1.29, 1.82) is 0 Å². The molecule has 2 heterocycles. The van der Waals surface area contributed by atoms with Crippen LogP contribution in [0.5, 0.6) is 5.75 Å². The summed E-state index contributed by atoms with van der Waals surface area (Å²) in [5.41, 5.74) is 0.668. The van der Waals surface area contributed by atoms with Gasteiger partial charge in [-0.25, -0.2) is 0 Å². The summed E-state index contributed by atoms with van der Waals surface area (Å²) in [5.74, 6) is 2.79. The van der Waals surface area contributed by atoms with Gasteiger partial charge in [0.1, 0.15) is 17.0 Å². The third-order valence-electron chi connectivity index (χ3n) is 7.09. The highest BCUT2D eigenvalue weighted by Crippen LogP contribution is 2.34. The van der Waals surface area contributed by atoms with Crippen LogP contribution in [0.4, 0.5) is 0 Å². The lowest BCUT2D eigenvalue weighted by Crippen LogP contribution is -2.65. The monoisotopic (exact) mass is 471 g/mol. The van der Waals surface area contributed by atoms with Crippen LogP contribution in [0.25, 0.3) is 10.9 Å². The van der Waals surface area contributed by atoms with Gasteiger partial charge in [0.25, 0.3) is 5.91 Å². The van der Waals surface area contributed by atoms with Gasteiger partial charge in [0.15, 0.2) is 0 Å². The molecule has 1 aromatic heterocycles. The van der Waals surface area contributed by atoms with E-state index in [4.69, 9.17) is 4.74 Å². The van der Waals surface area contributed by atoms with Crippen molar-refractivity contribution in [3.63, 3.8) is 0 Å². The molecule has 2 aromatic rings. The first-order chi connectivity index (χ1) is 16.0. The van der Waals surface area contributed by atoms with E-state index < -0.39 is 5.54 Å². The van der Waals surface area contributed by atoms with Crippen LogP contribution in [0.1, 0.15) is 69.3 Å². The molecule has 0 bridgehead atoms. The molecular weight excluding hydrogens is 434 g/mol. The smallest absolute Gasteiger partial charge is 0.271 e. The second kappa shape index (κ2) is 10.4. The van der Waals surface area contributed by atoms with Gasteiger partial charge < -0.3 is 19.5 Å². The first kappa shape index (κ1) is 24.0. The fourth-order valence-corrected chi connectivity index (χ4v) is 5.99. The highest BCUT2D eigenvalue weighted by molar-refractivity contribution is 7.99. The highest BCUT2D eigenvalue weighted by atomic mass is 32.2. The summed E-state index contributed by atoms with van der Waals surface area (Å²) in [6, 6.07) is 8.02. The van der Waals surface area contributed by atoms with Gasteiger partial charge in [-0.15, -0.1) is 0 Å². The van der Waals surface area contributed by atoms with Crippen molar-refractivity contribution in [3.8, 4) is 5.75 Å². The summed E-state index contributed by atoms with van der Waals surface area (Å²) in [6.45, 7) is 5.17. The zero-order chi connectivity index (χ0) is 23.4. The van der Waals surface area contributed by atoms with Crippen molar-refractivity contribution in [3.05, 3.63) is 30.0 Å². The minimum atomic E-state index is -0.925. The number of carbonyl (C=O) groups excluding carboxylic acids is 2. The molecule has 0 saturated heterocycles. The van der Waals surface area contributed by atoms with Crippen LogP contribution < -0.4 is 10.1 Å². The Labute approximate surface area is 201 Å². The van der Waals surface area contributed by atoms with Crippen LogP contribution >= 0.6 is 11.8 Å². The zero-order valence-corrected chi connectivity index (χ0v) is 21.0. The van der Waals surface area contributed by atoms with Gasteiger partial charge in [0, 0.05) is 24.0 Å². The minimum Gasteiger partial charge on any atom is -0.497 e. The number of benzene rings is 1. The predicted octanol–water partition coefficient (Wildman–Crippen LogP) is 4.85. The van der Waals surface area contributed by atoms with Crippen LogP contribution in [-0.4, -0.2) is 58.0 Å². The highest BCUT2D eigenvalue weighted by Gasteiger charge is 2.47. The molecule has 0 spiro atoms. The number of carbonyl (C=O) groups is 2. The second-order valence-electron chi connectivity index (χ2n) is 9.55. The summed E-state index contributed by atoms with van der Waals surface area (Å²) in [6.07, 6.45) is 7.65. The van der Waals surface area contributed by atoms with Gasteiger partial charge in [-0.3, -0.25) is 9.59 Å². The summed E-state index contributed by atoms with van der Waals surface area (Å²) < 4.78 is 7.44. The van der Waals surface area contributed by atoms with Gasteiger partial charge in [0.05, 0.1) is 19.2 Å². The van der Waals surface area contributed by atoms with E-state index in [0.29, 0.717) is 18.8 Å². The topological polar surface area (TPSA) is 63.6 Å². The van der Waals surface area contributed by atoms with Gasteiger partial charge in [-0.1, -0.05) is 26.2 Å². The maximum absolute atomic E-state index is 13.8. The molecule has 33 heavy (non-hydrogen) atoms. The van der Waals surface area contributed by atoms with Crippen molar-refractivity contribution in [1.82, 2.24) is 14.8 Å². The zero-order valence-electron chi connectivity index (χ0n) is 20.2. The predicted molar refractivity (Wildman–Crippen MR) is 135 cm³/mol. The Kier molecular flexibility index (Phi) is 7.57. The van der Waals surface area contributed by atoms with Crippen molar-refractivity contribution in [2.75, 3.05) is 25.2 Å². The third kappa shape index (κ3) is 4.88. The molecule has 6 nitrogen and oxygen atoms in total. The van der Waals surface area contributed by atoms with E-state index in [0.717, 1.165) is 66.7 Å². The fourth-order valence-electron chi connectivity index (χ4n) is 5.17. The molecule has 2 amide bonds. The van der Waals surface area contributed by atoms with Crippen LogP contribution in [0.2, 0.25) is 0 Å². The maximum Gasteiger partial charge on any atom is 0.271 e. The number of thioether (sulfide) groups is 1. The Morgan fingerprint density at radius 2 is 2.00 bits per heavy atom. The lowest BCUT2D eigenvalue weighted by atomic mass is 9.91. The first-order valence-electron chi connectivity index (χ1n) is 12.4. The Morgan fingerprint density at radius 1 is 1.21 bits per heavy atom. The van der Waals surface area contributed by atoms with Crippen LogP contribution in [-0.2, 0) is 11.3 Å². The van der Waals surface area contributed by atoms with Crippen molar-refractivity contribution < 1.29 is 14.3 Å². The van der Waals surface area contributed by atoms with E-state index in [1.807, 2.05) is 52.4 Å². The van der Waals surface area contributed by atoms with E-state index >= 15 is 0 Å². The summed E-state index contributed by atoms with van der Waals surface area (Å²) in [4.78, 5) is 29.3. The largest absolute Gasteiger partial charge is 0.497 e. The molecule has 1 aliphatic heterocycles. The number of nitrogens with zero attached hydrogens (tertiary/aromatic N) is 2. The molecule has 7 heteroatoms. The standard InChI is InChI=1S/C26H37N3O3S/c1-4-14-33-15-8-13-29-24(30)23-16-19-11-12-21(32-3)17-22(19)28(23)18-26(29,2)25(31)27-20-9-6-5-7-10-20/h11-12,16-17,20H,4-10,13-15,18H2,1-3H3,(H,27,31). The van der Waals surface area contributed by atoms with Crippen LogP contribution in [0.3, 0.4) is 0 Å². The molecular formula is C26H37N3O3S. The van der Waals surface area contributed by atoms with Crippen molar-refractivity contribution in [2.45, 2.75) is 76.9 Å². The van der Waals surface area contributed by atoms with Gasteiger partial charge >= 0.3 is 0 Å². The molecule has 1 fully saturated rings. The van der Waals surface area contributed by atoms with Crippen LogP contribution in [0, 0.1) is 0 Å². The molecule has 4 rings (SSSR count). The summed E-state index contributed by atoms with van der Waals surface area (Å²) in [7, 11) is 1.65. The van der Waals surface area contributed by atoms with E-state index in [1.54, 1.807) is 7.11 Å². The summed E-state index contributed by atoms with van der Waals surface area (Å²) >= 11 is 1.92. The lowest BCUT2D eigenvalue weighted by molar-refractivity contribution is -0.133. The third-order valence-corrected chi connectivity index (χ3v) is 8.36. The van der Waals surface area contributed by atoms with E-state index in [9.17, 15) is 9.59 Å². The molecule has 2 aliphatic rings. The number of hydrogen-bond acceptors (Lipinski definition) is 4. The molecule has 1 atom stereocenters. The molecule has 1 aliphatic carbocycles. The number of ether oxygens (including phenoxy) is 1. The van der Waals surface area contributed by atoms with Crippen molar-refractivity contribution in [2.24, 2.45) is 0 Å². The average molecular weight is 472 g/mol. The molecule has 1 unspecified atom stereocenters. The number of aromatic nitrogens is 1. The number of rotatable bonds is 9. The quantitative estimate of drug-likeness (QED) is 0.531. The normalized spacial score (nSPS) is 21.3. The molecule has 1 aromatic carbocycles. The lowest BCUT2D eigenvalue weighted by Gasteiger charge is -2.45. The number of amides is 2. The van der Waals surface area contributed by atoms with E-state index in [1.165, 1.54) is 6.42 Å². The second-order valence-corrected chi connectivity index (χ2v) is 10.8.